The molecule has 0 heterocycles. The molecule has 0 bridgehead atoms. The molecule has 0 aromatic carbocycles. The lowest BCUT2D eigenvalue weighted by Crippen LogP contribution is -2.30. The van der Waals surface area contributed by atoms with Crippen molar-refractivity contribution >= 4 is 17.9 Å². The molecule has 0 spiro atoms. The van der Waals surface area contributed by atoms with Crippen molar-refractivity contribution in [3.63, 3.8) is 0 Å². The normalized spacial score (nSPS) is 13.1. The summed E-state index contributed by atoms with van der Waals surface area (Å²) in [6.45, 7) is 6.34. The SMILES string of the molecule is CC\C=C/C=C\C=C/C=C\C=C\C=C/C=C\CCCCCC(=O)OCC(COC(=O)CCC/C=C\CCCCCC)OC(=O)CCCCCCCCC/C=C\C/C=C\CCCCC. The molecule has 0 saturated heterocycles. The molecule has 0 aliphatic heterocycles. The first-order chi connectivity index (χ1) is 31.0. The highest BCUT2D eigenvalue weighted by molar-refractivity contribution is 5.71. The van der Waals surface area contributed by atoms with Crippen molar-refractivity contribution in [2.24, 2.45) is 0 Å². The zero-order valence-corrected chi connectivity index (χ0v) is 40.3. The summed E-state index contributed by atoms with van der Waals surface area (Å²) in [5.74, 6) is -1.01. The van der Waals surface area contributed by atoms with E-state index in [2.05, 4.69) is 69.4 Å². The van der Waals surface area contributed by atoms with Gasteiger partial charge in [0.25, 0.3) is 0 Å². The van der Waals surface area contributed by atoms with Gasteiger partial charge in [0.1, 0.15) is 13.2 Å². The summed E-state index contributed by atoms with van der Waals surface area (Å²) in [7, 11) is 0. The zero-order chi connectivity index (χ0) is 45.8. The van der Waals surface area contributed by atoms with Crippen molar-refractivity contribution in [1.82, 2.24) is 0 Å². The van der Waals surface area contributed by atoms with Gasteiger partial charge in [-0.15, -0.1) is 0 Å². The maximum absolute atomic E-state index is 12.8. The van der Waals surface area contributed by atoms with Crippen LogP contribution in [0.4, 0.5) is 0 Å². The summed E-state index contributed by atoms with van der Waals surface area (Å²) in [6, 6.07) is 0. The molecule has 0 rings (SSSR count). The number of carbonyl (C=O) groups is 3. The molecular formula is C57H90O6. The Morgan fingerprint density at radius 2 is 0.698 bits per heavy atom. The standard InChI is InChI=1S/C57H90O6/c1-4-7-10-13-16-19-21-23-25-27-28-30-31-33-35-38-41-44-47-50-56(59)62-53-54(52-61-55(58)49-46-43-40-37-18-15-12-9-6-3)63-57(60)51-48-45-42-39-36-34-32-29-26-24-22-20-17-14-11-8-5-2/h7,10,13,16-17,19-21,23-28,30-31,33,35,37,40,54H,4-6,8-9,11-12,14-15,18,22,29,32,34,36,38-39,41-53H2,1-3H3/b10-7-,16-13-,20-17-,21-19-,25-23-,26-24-,28-27+,31-30-,35-33-,40-37-. The lowest BCUT2D eigenvalue weighted by molar-refractivity contribution is -0.167. The maximum Gasteiger partial charge on any atom is 0.306 e. The van der Waals surface area contributed by atoms with Crippen molar-refractivity contribution in [3.8, 4) is 0 Å². The summed E-state index contributed by atoms with van der Waals surface area (Å²) < 4.78 is 16.7. The summed E-state index contributed by atoms with van der Waals surface area (Å²) >= 11 is 0. The van der Waals surface area contributed by atoms with E-state index in [4.69, 9.17) is 14.2 Å². The van der Waals surface area contributed by atoms with Crippen LogP contribution in [-0.4, -0.2) is 37.2 Å². The van der Waals surface area contributed by atoms with E-state index >= 15 is 0 Å². The minimum absolute atomic E-state index is 0.115. The van der Waals surface area contributed by atoms with Crippen LogP contribution < -0.4 is 0 Å². The van der Waals surface area contributed by atoms with Gasteiger partial charge in [-0.2, -0.15) is 0 Å². The van der Waals surface area contributed by atoms with Crippen molar-refractivity contribution in [3.05, 3.63) is 122 Å². The third-order valence-corrected chi connectivity index (χ3v) is 10.1. The fourth-order valence-electron chi connectivity index (χ4n) is 6.34. The van der Waals surface area contributed by atoms with E-state index in [1.807, 2.05) is 72.9 Å². The molecule has 6 heteroatoms. The Labute approximate surface area is 386 Å². The second kappa shape index (κ2) is 50.5. The van der Waals surface area contributed by atoms with Crippen LogP contribution in [-0.2, 0) is 28.6 Å². The highest BCUT2D eigenvalue weighted by Crippen LogP contribution is 2.13. The lowest BCUT2D eigenvalue weighted by atomic mass is 10.1. The smallest absolute Gasteiger partial charge is 0.306 e. The van der Waals surface area contributed by atoms with Gasteiger partial charge in [-0.25, -0.2) is 0 Å². The largest absolute Gasteiger partial charge is 0.462 e. The van der Waals surface area contributed by atoms with Crippen molar-refractivity contribution in [2.75, 3.05) is 13.2 Å². The predicted octanol–water partition coefficient (Wildman–Crippen LogP) is 16.5. The molecule has 354 valence electrons. The molecule has 0 radical (unpaired) electrons. The molecule has 1 unspecified atom stereocenters. The van der Waals surface area contributed by atoms with Gasteiger partial charge in [-0.3, -0.25) is 14.4 Å². The van der Waals surface area contributed by atoms with Gasteiger partial charge in [0.15, 0.2) is 6.10 Å². The monoisotopic (exact) mass is 871 g/mol. The number of hydrogen-bond donors (Lipinski definition) is 0. The first kappa shape index (κ1) is 58.8. The average molecular weight is 871 g/mol. The van der Waals surface area contributed by atoms with Crippen LogP contribution in [0.2, 0.25) is 0 Å². The van der Waals surface area contributed by atoms with Gasteiger partial charge in [-0.1, -0.05) is 213 Å². The van der Waals surface area contributed by atoms with E-state index in [0.29, 0.717) is 25.7 Å². The molecule has 0 aliphatic carbocycles. The van der Waals surface area contributed by atoms with Gasteiger partial charge in [0.05, 0.1) is 0 Å². The number of ether oxygens (including phenoxy) is 3. The molecule has 0 aromatic rings. The number of allylic oxidation sites excluding steroid dienone is 20. The van der Waals surface area contributed by atoms with Gasteiger partial charge < -0.3 is 14.2 Å². The van der Waals surface area contributed by atoms with E-state index < -0.39 is 6.10 Å². The maximum atomic E-state index is 12.8. The molecule has 0 amide bonds. The van der Waals surface area contributed by atoms with Gasteiger partial charge in [-0.05, 0) is 89.9 Å². The molecule has 0 saturated carbocycles. The second-order valence-electron chi connectivity index (χ2n) is 16.2. The minimum Gasteiger partial charge on any atom is -0.462 e. The van der Waals surface area contributed by atoms with Crippen LogP contribution in [0.3, 0.4) is 0 Å². The van der Waals surface area contributed by atoms with Crippen LogP contribution in [0.1, 0.15) is 201 Å². The van der Waals surface area contributed by atoms with Crippen LogP contribution in [0.25, 0.3) is 0 Å². The van der Waals surface area contributed by atoms with Crippen LogP contribution >= 0.6 is 0 Å². The van der Waals surface area contributed by atoms with Crippen LogP contribution in [0, 0.1) is 0 Å². The van der Waals surface area contributed by atoms with Crippen molar-refractivity contribution in [1.29, 1.82) is 0 Å². The zero-order valence-electron chi connectivity index (χ0n) is 40.3. The summed E-state index contributed by atoms with van der Waals surface area (Å²) in [5.41, 5.74) is 0. The summed E-state index contributed by atoms with van der Waals surface area (Å²) in [6.07, 6.45) is 69.0. The Morgan fingerprint density at radius 1 is 0.349 bits per heavy atom. The predicted molar refractivity (Wildman–Crippen MR) is 269 cm³/mol. The Morgan fingerprint density at radius 3 is 1.22 bits per heavy atom. The number of hydrogen-bond acceptors (Lipinski definition) is 6. The Hall–Kier alpha value is -4.19. The molecule has 0 N–H and O–H groups in total. The molecular weight excluding hydrogens is 781 g/mol. The number of esters is 3. The highest BCUT2D eigenvalue weighted by Gasteiger charge is 2.19. The molecule has 0 aliphatic rings. The number of unbranched alkanes of at least 4 members (excludes halogenated alkanes) is 18. The summed E-state index contributed by atoms with van der Waals surface area (Å²) in [5, 5.41) is 0. The van der Waals surface area contributed by atoms with E-state index in [1.165, 1.54) is 77.0 Å². The molecule has 0 aromatic heterocycles. The van der Waals surface area contributed by atoms with E-state index in [1.54, 1.807) is 0 Å². The number of rotatable bonds is 43. The molecule has 63 heavy (non-hydrogen) atoms. The first-order valence-corrected chi connectivity index (χ1v) is 25.1. The van der Waals surface area contributed by atoms with Crippen LogP contribution in [0.15, 0.2) is 122 Å². The summed E-state index contributed by atoms with van der Waals surface area (Å²) in [4.78, 5) is 37.9. The van der Waals surface area contributed by atoms with E-state index in [9.17, 15) is 14.4 Å². The average Bonchev–Trinajstić information content (AvgIpc) is 3.28. The van der Waals surface area contributed by atoms with Gasteiger partial charge in [0.2, 0.25) is 0 Å². The first-order valence-electron chi connectivity index (χ1n) is 25.1. The lowest BCUT2D eigenvalue weighted by Gasteiger charge is -2.18. The van der Waals surface area contributed by atoms with Crippen LogP contribution in [0.5, 0.6) is 0 Å². The third kappa shape index (κ3) is 48.7. The van der Waals surface area contributed by atoms with E-state index in [0.717, 1.165) is 77.0 Å². The van der Waals surface area contributed by atoms with E-state index in [-0.39, 0.29) is 31.1 Å². The molecule has 0 fully saturated rings. The second-order valence-corrected chi connectivity index (χ2v) is 16.2. The molecule has 1 atom stereocenters. The third-order valence-electron chi connectivity index (χ3n) is 10.1. The van der Waals surface area contributed by atoms with Crippen molar-refractivity contribution < 1.29 is 28.6 Å². The minimum atomic E-state index is -0.814. The fraction of sp³-hybridized carbons (Fsp3) is 0.596. The van der Waals surface area contributed by atoms with Gasteiger partial charge >= 0.3 is 17.9 Å². The Kier molecular flexibility index (Phi) is 47.1. The fourth-order valence-corrected chi connectivity index (χ4v) is 6.34. The number of carbonyl (C=O) groups excluding carboxylic acids is 3. The van der Waals surface area contributed by atoms with Crippen molar-refractivity contribution in [2.45, 2.75) is 207 Å². The highest BCUT2D eigenvalue weighted by atomic mass is 16.6. The topological polar surface area (TPSA) is 78.9 Å². The quantitative estimate of drug-likeness (QED) is 0.0200. The Balaban J connectivity index is 4.50. The molecule has 6 nitrogen and oxygen atoms in total. The van der Waals surface area contributed by atoms with Gasteiger partial charge in [0, 0.05) is 19.3 Å². The Bertz CT molecular complexity index is 1370.